The molecule has 2 rings (SSSR count). The molecule has 2 saturated heterocycles. The van der Waals surface area contributed by atoms with E-state index in [1.807, 2.05) is 0 Å². The van der Waals surface area contributed by atoms with E-state index in [9.17, 15) is 58.9 Å². The van der Waals surface area contributed by atoms with Gasteiger partial charge in [-0.1, -0.05) is 13.8 Å². The number of likely N-dealkylation sites (tertiary alicyclic amines) is 1. The summed E-state index contributed by atoms with van der Waals surface area (Å²) in [7, 11) is -1.71. The van der Waals surface area contributed by atoms with Crippen molar-refractivity contribution >= 4 is 48.7 Å². The first-order valence-electron chi connectivity index (χ1n) is 17.0. The Kier molecular flexibility index (Phi) is 18.2. The minimum atomic E-state index is -1.71. The number of carboxylic acid groups (broad SMARTS) is 3. The minimum absolute atomic E-state index is 0.200. The largest absolute Gasteiger partial charge is 0.480 e. The summed E-state index contributed by atoms with van der Waals surface area (Å²) in [5.41, 5.74) is 0. The zero-order valence-electron chi connectivity index (χ0n) is 29.5. The van der Waals surface area contributed by atoms with Gasteiger partial charge in [-0.15, -0.1) is 0 Å². The van der Waals surface area contributed by atoms with Gasteiger partial charge in [-0.3, -0.25) is 53.2 Å². The van der Waals surface area contributed by atoms with Crippen LogP contribution in [0, 0.1) is 5.92 Å². The second kappa shape index (κ2) is 21.5. The maximum Gasteiger partial charge on any atom is 0.475 e. The van der Waals surface area contributed by atoms with Crippen LogP contribution in [0.5, 0.6) is 0 Å². The lowest BCUT2D eigenvalue weighted by Crippen LogP contribution is -2.57. The molecule has 3 atom stereocenters. The number of amides is 4. The minimum Gasteiger partial charge on any atom is -0.480 e. The van der Waals surface area contributed by atoms with Crippen molar-refractivity contribution in [1.82, 2.24) is 40.4 Å². The van der Waals surface area contributed by atoms with E-state index in [0.717, 1.165) is 0 Å². The molecule has 288 valence electrons. The Bertz CT molecular complexity index is 1200. The number of aliphatic carboxylic acids is 3. The maximum absolute atomic E-state index is 13.1. The van der Waals surface area contributed by atoms with Crippen LogP contribution in [0.2, 0.25) is 0 Å². The van der Waals surface area contributed by atoms with Gasteiger partial charge in [0.1, 0.15) is 12.1 Å². The van der Waals surface area contributed by atoms with Crippen LogP contribution in [-0.4, -0.2) is 208 Å². The SMILES string of the molecule is CC(C)C(NC(=O)CNC(=O)CN1CCN(CC(=O)O)CCN(CC(=O)O)CCN(CC(=O)O)CC1)C(=O)N[C@H](C)C(=O)N1CCC[C@H]1B(O)O. The second-order valence-corrected chi connectivity index (χ2v) is 13.2. The fourth-order valence-corrected chi connectivity index (χ4v) is 5.97. The summed E-state index contributed by atoms with van der Waals surface area (Å²) >= 11 is 0. The first kappa shape index (κ1) is 43.3. The average molecular weight is 729 g/mol. The number of nitrogens with zero attached hydrogens (tertiary/aromatic N) is 5. The molecule has 51 heavy (non-hydrogen) atoms. The quantitative estimate of drug-likeness (QED) is 0.0693. The van der Waals surface area contributed by atoms with Crippen molar-refractivity contribution in [1.29, 1.82) is 0 Å². The van der Waals surface area contributed by atoms with Gasteiger partial charge in [-0.25, -0.2) is 0 Å². The molecule has 0 aromatic carbocycles. The summed E-state index contributed by atoms with van der Waals surface area (Å²) in [6.45, 7) is 5.34. The summed E-state index contributed by atoms with van der Waals surface area (Å²) in [6, 6.07) is -2.05. The molecular weight excluding hydrogens is 675 g/mol. The number of hydrogen-bond donors (Lipinski definition) is 8. The lowest BCUT2D eigenvalue weighted by molar-refractivity contribution is -0.140. The van der Waals surface area contributed by atoms with Gasteiger partial charge in [0.15, 0.2) is 0 Å². The molecule has 2 aliphatic heterocycles. The lowest BCUT2D eigenvalue weighted by Gasteiger charge is -2.32. The van der Waals surface area contributed by atoms with Gasteiger partial charge >= 0.3 is 25.0 Å². The summed E-state index contributed by atoms with van der Waals surface area (Å²) < 4.78 is 0. The Balaban J connectivity index is 2.00. The summed E-state index contributed by atoms with van der Waals surface area (Å²) in [6.07, 6.45) is 1.00. The van der Waals surface area contributed by atoms with Gasteiger partial charge in [0.25, 0.3) is 0 Å². The van der Waals surface area contributed by atoms with Crippen molar-refractivity contribution in [3.8, 4) is 0 Å². The first-order chi connectivity index (χ1) is 24.0. The van der Waals surface area contributed by atoms with E-state index in [-0.39, 0.29) is 78.5 Å². The molecule has 0 radical (unpaired) electrons. The highest BCUT2D eigenvalue weighted by molar-refractivity contribution is 6.43. The van der Waals surface area contributed by atoms with Gasteiger partial charge in [-0.2, -0.15) is 0 Å². The fraction of sp³-hybridized carbons (Fsp3) is 0.767. The molecule has 0 saturated carbocycles. The third-order valence-corrected chi connectivity index (χ3v) is 8.74. The monoisotopic (exact) mass is 728 g/mol. The lowest BCUT2D eigenvalue weighted by atomic mass is 9.78. The Labute approximate surface area is 297 Å². The smallest absolute Gasteiger partial charge is 0.475 e. The van der Waals surface area contributed by atoms with Crippen LogP contribution in [0.1, 0.15) is 33.6 Å². The highest BCUT2D eigenvalue weighted by Gasteiger charge is 2.39. The summed E-state index contributed by atoms with van der Waals surface area (Å²) in [5.74, 6) is -6.72. The Morgan fingerprint density at radius 2 is 1.08 bits per heavy atom. The van der Waals surface area contributed by atoms with Crippen LogP contribution in [0.15, 0.2) is 0 Å². The number of carboxylic acids is 3. The molecule has 4 amide bonds. The number of nitrogens with one attached hydrogen (secondary N) is 3. The van der Waals surface area contributed by atoms with Gasteiger partial charge in [0, 0.05) is 58.9 Å². The molecule has 8 N–H and O–H groups in total. The van der Waals surface area contributed by atoms with Crippen LogP contribution in [0.4, 0.5) is 0 Å². The Morgan fingerprint density at radius 3 is 1.47 bits per heavy atom. The first-order valence-corrected chi connectivity index (χ1v) is 17.0. The molecule has 2 fully saturated rings. The third-order valence-electron chi connectivity index (χ3n) is 8.74. The molecule has 0 spiro atoms. The summed E-state index contributed by atoms with van der Waals surface area (Å²) in [4.78, 5) is 94.0. The van der Waals surface area contributed by atoms with Crippen molar-refractivity contribution in [2.75, 3.05) is 91.6 Å². The molecule has 20 nitrogen and oxygen atoms in total. The van der Waals surface area contributed by atoms with Crippen LogP contribution in [-0.2, 0) is 33.6 Å². The number of carbonyl (C=O) groups is 7. The molecule has 2 heterocycles. The van der Waals surface area contributed by atoms with E-state index >= 15 is 0 Å². The van der Waals surface area contributed by atoms with Crippen molar-refractivity contribution < 1.29 is 58.9 Å². The third kappa shape index (κ3) is 15.9. The molecule has 1 unspecified atom stereocenters. The Hall–Kier alpha value is -3.89. The number of hydrogen-bond acceptors (Lipinski definition) is 13. The van der Waals surface area contributed by atoms with Gasteiger partial charge in [0.2, 0.25) is 23.6 Å². The predicted molar refractivity (Wildman–Crippen MR) is 181 cm³/mol. The topological polar surface area (TPSA) is 273 Å². The standard InChI is InChI=1S/C30H53BN8O12/c1-20(2)28(29(48)33-21(3)30(49)39-6-4-5-22(39)31(50)51)34-23(40)15-32-24(41)16-35-7-9-36(17-25(42)43)11-13-38(19-27(46)47)14-12-37(10-8-35)18-26(44)45/h20-22,28,50-51H,4-19H2,1-3H3,(H,32,41)(H,33,48)(H,34,40)(H,42,43)(H,44,45)(H,46,47)/t21-,22+,28?/m1/s1. The van der Waals surface area contributed by atoms with Crippen molar-refractivity contribution in [2.45, 2.75) is 51.6 Å². The zero-order chi connectivity index (χ0) is 38.2. The second-order valence-electron chi connectivity index (χ2n) is 13.2. The highest BCUT2D eigenvalue weighted by atomic mass is 16.4. The molecule has 21 heteroatoms. The number of carbonyl (C=O) groups excluding carboxylic acids is 4. The van der Waals surface area contributed by atoms with Gasteiger partial charge in [-0.05, 0) is 25.7 Å². The highest BCUT2D eigenvalue weighted by Crippen LogP contribution is 2.19. The van der Waals surface area contributed by atoms with Crippen LogP contribution in [0.25, 0.3) is 0 Å². The van der Waals surface area contributed by atoms with Crippen molar-refractivity contribution in [2.24, 2.45) is 5.92 Å². The van der Waals surface area contributed by atoms with Gasteiger partial charge < -0.3 is 46.2 Å². The fourth-order valence-electron chi connectivity index (χ4n) is 5.97. The average Bonchev–Trinajstić information content (AvgIpc) is 3.53. The normalized spacial score (nSPS) is 20.0. The van der Waals surface area contributed by atoms with E-state index in [2.05, 4.69) is 16.0 Å². The van der Waals surface area contributed by atoms with E-state index in [0.29, 0.717) is 19.4 Å². The van der Waals surface area contributed by atoms with Crippen molar-refractivity contribution in [3.05, 3.63) is 0 Å². The van der Waals surface area contributed by atoms with Crippen LogP contribution >= 0.6 is 0 Å². The summed E-state index contributed by atoms with van der Waals surface area (Å²) in [5, 5.41) is 54.9. The van der Waals surface area contributed by atoms with E-state index < -0.39 is 79.1 Å². The number of rotatable bonds is 16. The van der Waals surface area contributed by atoms with Crippen LogP contribution < -0.4 is 16.0 Å². The molecule has 0 aromatic heterocycles. The Morgan fingerprint density at radius 1 is 0.647 bits per heavy atom. The molecular formula is C30H53BN8O12. The molecule has 2 aliphatic rings. The zero-order valence-corrected chi connectivity index (χ0v) is 29.5. The molecule has 0 aliphatic carbocycles. The van der Waals surface area contributed by atoms with E-state index in [1.54, 1.807) is 33.4 Å². The predicted octanol–water partition coefficient (Wildman–Crippen LogP) is -4.77. The van der Waals surface area contributed by atoms with Crippen molar-refractivity contribution in [3.63, 3.8) is 0 Å². The molecule has 0 aromatic rings. The van der Waals surface area contributed by atoms with Crippen LogP contribution in [0.3, 0.4) is 0 Å². The van der Waals surface area contributed by atoms with Gasteiger partial charge in [0.05, 0.1) is 38.7 Å². The maximum atomic E-state index is 13.1. The molecule has 0 bridgehead atoms. The van der Waals surface area contributed by atoms with E-state index in [4.69, 9.17) is 0 Å². The van der Waals surface area contributed by atoms with E-state index in [1.165, 1.54) is 11.8 Å².